The summed E-state index contributed by atoms with van der Waals surface area (Å²) in [5.41, 5.74) is -0.685. The molecule has 4 rings (SSSR count). The number of likely N-dealkylation sites (tertiary alicyclic amines) is 1. The second-order valence-corrected chi connectivity index (χ2v) is 10.6. The first kappa shape index (κ1) is 18.9. The molecule has 2 unspecified atom stereocenters. The fraction of sp³-hybridized carbons (Fsp3) is 0.789. The molecular formula is C19H28N2O5S. The van der Waals surface area contributed by atoms with Gasteiger partial charge in [0.1, 0.15) is 5.60 Å². The number of hydrogen-bond donors (Lipinski definition) is 0. The zero-order chi connectivity index (χ0) is 19.4. The zero-order valence-electron chi connectivity index (χ0n) is 16.0. The summed E-state index contributed by atoms with van der Waals surface area (Å²) in [7, 11) is -3.06. The summed E-state index contributed by atoms with van der Waals surface area (Å²) < 4.78 is 29.5. The lowest BCUT2D eigenvalue weighted by atomic mass is 9.76. The molecule has 4 atom stereocenters. The number of amides is 2. The maximum Gasteiger partial charge on any atom is 0.230 e. The van der Waals surface area contributed by atoms with Crippen molar-refractivity contribution in [1.82, 2.24) is 9.80 Å². The van der Waals surface area contributed by atoms with Gasteiger partial charge in [0.2, 0.25) is 11.8 Å². The van der Waals surface area contributed by atoms with Crippen LogP contribution < -0.4 is 0 Å². The SMILES string of the molecule is CCC(CC)CN1C[C@]23C=C[C@H](O2)C(C(=O)N2CCS(=O)(=O)CC2)C3C1=O. The molecule has 3 saturated heterocycles. The van der Waals surface area contributed by atoms with Gasteiger partial charge in [-0.25, -0.2) is 8.42 Å². The van der Waals surface area contributed by atoms with E-state index in [2.05, 4.69) is 13.8 Å². The molecule has 0 aromatic rings. The molecule has 4 aliphatic rings. The molecule has 0 aliphatic carbocycles. The molecule has 3 fully saturated rings. The highest BCUT2D eigenvalue weighted by atomic mass is 32.2. The van der Waals surface area contributed by atoms with E-state index in [4.69, 9.17) is 4.74 Å². The molecule has 0 N–H and O–H groups in total. The molecule has 4 aliphatic heterocycles. The maximum absolute atomic E-state index is 13.2. The molecule has 2 amide bonds. The van der Waals surface area contributed by atoms with E-state index in [0.29, 0.717) is 19.0 Å². The van der Waals surface area contributed by atoms with Crippen molar-refractivity contribution in [3.05, 3.63) is 12.2 Å². The molecule has 4 heterocycles. The number of nitrogens with zero attached hydrogens (tertiary/aromatic N) is 2. The van der Waals surface area contributed by atoms with Gasteiger partial charge in [0.05, 0.1) is 36.0 Å². The van der Waals surface area contributed by atoms with Crippen LogP contribution in [0.25, 0.3) is 0 Å². The van der Waals surface area contributed by atoms with E-state index in [1.54, 1.807) is 4.90 Å². The summed E-state index contributed by atoms with van der Waals surface area (Å²) in [6, 6.07) is 0. The first-order chi connectivity index (χ1) is 12.8. The lowest BCUT2D eigenvalue weighted by Crippen LogP contribution is -2.50. The predicted octanol–water partition coefficient (Wildman–Crippen LogP) is 0.462. The molecule has 2 bridgehead atoms. The summed E-state index contributed by atoms with van der Waals surface area (Å²) in [4.78, 5) is 29.8. The quantitative estimate of drug-likeness (QED) is 0.631. The van der Waals surface area contributed by atoms with Gasteiger partial charge >= 0.3 is 0 Å². The second kappa shape index (κ2) is 6.58. The Morgan fingerprint density at radius 2 is 1.96 bits per heavy atom. The molecule has 0 aromatic heterocycles. The third-order valence-corrected chi connectivity index (χ3v) is 8.36. The minimum atomic E-state index is -3.06. The lowest BCUT2D eigenvalue weighted by Gasteiger charge is -2.32. The van der Waals surface area contributed by atoms with Crippen LogP contribution in [0.1, 0.15) is 26.7 Å². The summed E-state index contributed by atoms with van der Waals surface area (Å²) in [6.07, 6.45) is 5.54. The number of hydrogen-bond acceptors (Lipinski definition) is 5. The highest BCUT2D eigenvalue weighted by molar-refractivity contribution is 7.91. The Kier molecular flexibility index (Phi) is 4.62. The summed E-state index contributed by atoms with van der Waals surface area (Å²) in [6.45, 7) is 5.89. The summed E-state index contributed by atoms with van der Waals surface area (Å²) in [5.74, 6) is -0.690. The number of fused-ring (bicyclic) bond motifs is 1. The molecule has 150 valence electrons. The highest BCUT2D eigenvalue weighted by Gasteiger charge is 2.67. The van der Waals surface area contributed by atoms with Crippen molar-refractivity contribution < 1.29 is 22.7 Å². The van der Waals surface area contributed by atoms with Gasteiger partial charge in [-0.3, -0.25) is 9.59 Å². The van der Waals surface area contributed by atoms with Gasteiger partial charge in [-0.15, -0.1) is 0 Å². The van der Waals surface area contributed by atoms with Crippen LogP contribution >= 0.6 is 0 Å². The van der Waals surface area contributed by atoms with Crippen LogP contribution in [0, 0.1) is 17.8 Å². The van der Waals surface area contributed by atoms with Crippen LogP contribution in [0.5, 0.6) is 0 Å². The van der Waals surface area contributed by atoms with Gasteiger partial charge in [0.15, 0.2) is 9.84 Å². The largest absolute Gasteiger partial charge is 0.360 e. The van der Waals surface area contributed by atoms with E-state index < -0.39 is 27.3 Å². The van der Waals surface area contributed by atoms with Crippen LogP contribution in [0.3, 0.4) is 0 Å². The molecule has 0 saturated carbocycles. The average Bonchev–Trinajstić information content (AvgIpc) is 3.27. The van der Waals surface area contributed by atoms with Crippen LogP contribution in [-0.2, 0) is 24.2 Å². The van der Waals surface area contributed by atoms with E-state index in [1.165, 1.54) is 0 Å². The molecule has 0 aromatic carbocycles. The zero-order valence-corrected chi connectivity index (χ0v) is 16.8. The van der Waals surface area contributed by atoms with Crippen molar-refractivity contribution in [1.29, 1.82) is 0 Å². The summed E-state index contributed by atoms with van der Waals surface area (Å²) >= 11 is 0. The molecule has 7 nitrogen and oxygen atoms in total. The van der Waals surface area contributed by atoms with E-state index in [1.807, 2.05) is 17.1 Å². The fourth-order valence-electron chi connectivity index (χ4n) is 5.02. The van der Waals surface area contributed by atoms with E-state index in [-0.39, 0.29) is 42.5 Å². The lowest BCUT2D eigenvalue weighted by molar-refractivity contribution is -0.143. The number of carbonyl (C=O) groups is 2. The van der Waals surface area contributed by atoms with Gasteiger partial charge in [-0.2, -0.15) is 0 Å². The van der Waals surface area contributed by atoms with Crippen molar-refractivity contribution >= 4 is 21.7 Å². The minimum absolute atomic E-state index is 0.00260. The van der Waals surface area contributed by atoms with E-state index >= 15 is 0 Å². The van der Waals surface area contributed by atoms with Gasteiger partial charge in [0.25, 0.3) is 0 Å². The average molecular weight is 397 g/mol. The third kappa shape index (κ3) is 3.01. The predicted molar refractivity (Wildman–Crippen MR) is 99.6 cm³/mol. The first-order valence-electron chi connectivity index (χ1n) is 9.95. The normalized spacial score (nSPS) is 36.7. The monoisotopic (exact) mass is 396 g/mol. The Labute approximate surface area is 160 Å². The topological polar surface area (TPSA) is 84.0 Å². The van der Waals surface area contributed by atoms with Crippen molar-refractivity contribution in [2.75, 3.05) is 37.7 Å². The number of carbonyl (C=O) groups excluding carboxylic acids is 2. The Hall–Kier alpha value is -1.41. The molecule has 0 radical (unpaired) electrons. The smallest absolute Gasteiger partial charge is 0.230 e. The number of rotatable bonds is 5. The molecule has 8 heteroatoms. The number of ether oxygens (including phenoxy) is 1. The maximum atomic E-state index is 13.2. The number of sulfone groups is 1. The van der Waals surface area contributed by atoms with Crippen molar-refractivity contribution in [2.24, 2.45) is 17.8 Å². The molecular weight excluding hydrogens is 368 g/mol. The Balaban J connectivity index is 1.53. The third-order valence-electron chi connectivity index (χ3n) is 6.75. The van der Waals surface area contributed by atoms with Crippen LogP contribution in [-0.4, -0.2) is 79.4 Å². The Bertz CT molecular complexity index is 761. The Morgan fingerprint density at radius 3 is 2.59 bits per heavy atom. The first-order valence-corrected chi connectivity index (χ1v) is 11.8. The summed E-state index contributed by atoms with van der Waals surface area (Å²) in [5, 5.41) is 0. The second-order valence-electron chi connectivity index (χ2n) is 8.28. The van der Waals surface area contributed by atoms with E-state index in [0.717, 1.165) is 12.8 Å². The van der Waals surface area contributed by atoms with Crippen LogP contribution in [0.2, 0.25) is 0 Å². The van der Waals surface area contributed by atoms with Gasteiger partial charge in [-0.05, 0) is 5.92 Å². The van der Waals surface area contributed by atoms with E-state index in [9.17, 15) is 18.0 Å². The van der Waals surface area contributed by atoms with Crippen LogP contribution in [0.15, 0.2) is 12.2 Å². The van der Waals surface area contributed by atoms with Crippen molar-refractivity contribution in [3.63, 3.8) is 0 Å². The van der Waals surface area contributed by atoms with Gasteiger partial charge in [-0.1, -0.05) is 38.8 Å². The highest BCUT2D eigenvalue weighted by Crippen LogP contribution is 2.52. The molecule has 27 heavy (non-hydrogen) atoms. The minimum Gasteiger partial charge on any atom is -0.360 e. The van der Waals surface area contributed by atoms with Gasteiger partial charge in [0, 0.05) is 19.6 Å². The van der Waals surface area contributed by atoms with Gasteiger partial charge < -0.3 is 14.5 Å². The molecule has 1 spiro atoms. The fourth-order valence-corrected chi connectivity index (χ4v) is 6.22. The standard InChI is InChI=1S/C19H28N2O5S/c1-3-13(4-2)11-21-12-19-6-5-14(26-19)15(16(19)18(21)23)17(22)20-7-9-27(24,25)10-8-20/h5-6,13-16H,3-4,7-12H2,1-2H3/t14-,15?,16?,19-/m0/s1. The van der Waals surface area contributed by atoms with Crippen LogP contribution in [0.4, 0.5) is 0 Å². The van der Waals surface area contributed by atoms with Crippen molar-refractivity contribution in [2.45, 2.75) is 38.4 Å². The Morgan fingerprint density at radius 1 is 1.30 bits per heavy atom. The van der Waals surface area contributed by atoms with Crippen molar-refractivity contribution in [3.8, 4) is 0 Å².